The van der Waals surface area contributed by atoms with Crippen molar-refractivity contribution in [3.8, 4) is 5.88 Å². The molecular formula is C17H26N6O2. The summed E-state index contributed by atoms with van der Waals surface area (Å²) in [5.74, 6) is 1.32. The van der Waals surface area contributed by atoms with Gasteiger partial charge in [-0.15, -0.1) is 0 Å². The fourth-order valence-electron chi connectivity index (χ4n) is 3.42. The molecule has 1 saturated heterocycles. The van der Waals surface area contributed by atoms with E-state index < -0.39 is 0 Å². The highest BCUT2D eigenvalue weighted by molar-refractivity contribution is 5.37. The van der Waals surface area contributed by atoms with Crippen molar-refractivity contribution in [3.63, 3.8) is 0 Å². The van der Waals surface area contributed by atoms with Crippen LogP contribution in [0.5, 0.6) is 5.88 Å². The van der Waals surface area contributed by atoms with Crippen LogP contribution in [-0.4, -0.2) is 45.6 Å². The topological polar surface area (TPSA) is 77.2 Å². The van der Waals surface area contributed by atoms with Crippen molar-refractivity contribution >= 4 is 5.82 Å². The SMILES string of the molecule is COc1c(CN[C@@H]2CCCN(c3nccn(C)c3=O)C2)c(C)nn1C. The van der Waals surface area contributed by atoms with Crippen LogP contribution in [0.25, 0.3) is 0 Å². The minimum Gasteiger partial charge on any atom is -0.481 e. The van der Waals surface area contributed by atoms with E-state index in [4.69, 9.17) is 4.74 Å². The Hall–Kier alpha value is -2.35. The fourth-order valence-corrected chi connectivity index (χ4v) is 3.42. The summed E-state index contributed by atoms with van der Waals surface area (Å²) >= 11 is 0. The van der Waals surface area contributed by atoms with Crippen molar-refractivity contribution < 1.29 is 4.74 Å². The standard InChI is InChI=1S/C17H26N6O2/c1-12-14(17(25-4)22(3)20-12)10-19-13-6-5-8-23(11-13)15-16(24)21(2)9-7-18-15/h7,9,13,19H,5-6,8,10-11H2,1-4H3/t13-/m1/s1. The lowest BCUT2D eigenvalue weighted by Gasteiger charge is -2.33. The normalized spacial score (nSPS) is 17.8. The Morgan fingerprint density at radius 3 is 2.96 bits per heavy atom. The number of ether oxygens (including phenoxy) is 1. The molecule has 2 aromatic heterocycles. The number of piperidine rings is 1. The number of aromatic nitrogens is 4. The molecule has 1 aliphatic rings. The van der Waals surface area contributed by atoms with E-state index in [9.17, 15) is 4.79 Å². The van der Waals surface area contributed by atoms with Gasteiger partial charge in [0.2, 0.25) is 5.88 Å². The predicted octanol–water partition coefficient (Wildman–Crippen LogP) is 0.589. The molecule has 0 radical (unpaired) electrons. The molecule has 0 amide bonds. The molecular weight excluding hydrogens is 320 g/mol. The summed E-state index contributed by atoms with van der Waals surface area (Å²) in [7, 11) is 5.30. The van der Waals surface area contributed by atoms with Gasteiger partial charge in [-0.05, 0) is 19.8 Å². The third kappa shape index (κ3) is 3.53. The van der Waals surface area contributed by atoms with E-state index in [0.29, 0.717) is 18.4 Å². The van der Waals surface area contributed by atoms with Crippen molar-refractivity contribution in [2.45, 2.75) is 32.4 Å². The van der Waals surface area contributed by atoms with Gasteiger partial charge in [0.05, 0.1) is 18.4 Å². The van der Waals surface area contributed by atoms with Gasteiger partial charge in [-0.25, -0.2) is 9.67 Å². The second-order valence-electron chi connectivity index (χ2n) is 6.53. The van der Waals surface area contributed by atoms with Crippen LogP contribution in [0.15, 0.2) is 17.2 Å². The molecule has 1 aliphatic heterocycles. The average molecular weight is 346 g/mol. The molecule has 8 heteroatoms. The number of nitrogens with zero attached hydrogens (tertiary/aromatic N) is 5. The molecule has 1 fully saturated rings. The van der Waals surface area contributed by atoms with Crippen LogP contribution in [0.2, 0.25) is 0 Å². The van der Waals surface area contributed by atoms with Gasteiger partial charge < -0.3 is 19.5 Å². The maximum absolute atomic E-state index is 12.3. The zero-order valence-corrected chi connectivity index (χ0v) is 15.3. The van der Waals surface area contributed by atoms with E-state index in [2.05, 4.69) is 20.3 Å². The minimum absolute atomic E-state index is 0.0482. The molecule has 0 spiro atoms. The number of rotatable bonds is 5. The van der Waals surface area contributed by atoms with E-state index in [1.807, 2.05) is 14.0 Å². The van der Waals surface area contributed by atoms with Crippen molar-refractivity contribution in [2.75, 3.05) is 25.1 Å². The van der Waals surface area contributed by atoms with E-state index in [-0.39, 0.29) is 5.56 Å². The average Bonchev–Trinajstić information content (AvgIpc) is 2.88. The van der Waals surface area contributed by atoms with E-state index in [1.54, 1.807) is 35.8 Å². The second kappa shape index (κ2) is 7.26. The first-order valence-corrected chi connectivity index (χ1v) is 8.57. The molecule has 0 aliphatic carbocycles. The molecule has 25 heavy (non-hydrogen) atoms. The van der Waals surface area contributed by atoms with Gasteiger partial charge in [-0.1, -0.05) is 0 Å². The molecule has 0 saturated carbocycles. The Kier molecular flexibility index (Phi) is 5.08. The summed E-state index contributed by atoms with van der Waals surface area (Å²) < 4.78 is 8.79. The number of nitrogens with one attached hydrogen (secondary N) is 1. The molecule has 3 heterocycles. The Balaban J connectivity index is 1.68. The first-order valence-electron chi connectivity index (χ1n) is 8.57. The molecule has 2 aromatic rings. The van der Waals surface area contributed by atoms with Gasteiger partial charge in [0, 0.05) is 52.2 Å². The first kappa shape index (κ1) is 17.5. The highest BCUT2D eigenvalue weighted by atomic mass is 16.5. The molecule has 136 valence electrons. The van der Waals surface area contributed by atoms with Gasteiger partial charge in [0.15, 0.2) is 5.82 Å². The highest BCUT2D eigenvalue weighted by Gasteiger charge is 2.24. The summed E-state index contributed by atoms with van der Waals surface area (Å²) in [4.78, 5) is 18.7. The molecule has 0 aromatic carbocycles. The number of hydrogen-bond acceptors (Lipinski definition) is 6. The van der Waals surface area contributed by atoms with Gasteiger partial charge in [0.25, 0.3) is 5.56 Å². The van der Waals surface area contributed by atoms with Gasteiger partial charge in [0.1, 0.15) is 0 Å². The van der Waals surface area contributed by atoms with Gasteiger partial charge >= 0.3 is 0 Å². The lowest BCUT2D eigenvalue weighted by atomic mass is 10.1. The van der Waals surface area contributed by atoms with E-state index in [0.717, 1.165) is 43.1 Å². The third-order valence-electron chi connectivity index (χ3n) is 4.77. The third-order valence-corrected chi connectivity index (χ3v) is 4.77. The van der Waals surface area contributed by atoms with Gasteiger partial charge in [-0.3, -0.25) is 4.79 Å². The number of aryl methyl sites for hydroxylation is 3. The molecule has 1 N–H and O–H groups in total. The molecule has 0 unspecified atom stereocenters. The summed E-state index contributed by atoms with van der Waals surface area (Å²) in [6.07, 6.45) is 5.46. The smallest absolute Gasteiger partial charge is 0.293 e. The summed E-state index contributed by atoms with van der Waals surface area (Å²) in [6.45, 7) is 4.32. The lowest BCUT2D eigenvalue weighted by Crippen LogP contribution is -2.47. The predicted molar refractivity (Wildman–Crippen MR) is 96.0 cm³/mol. The number of anilines is 1. The fraction of sp³-hybridized carbons (Fsp3) is 0.588. The van der Waals surface area contributed by atoms with Crippen molar-refractivity contribution in [3.05, 3.63) is 34.0 Å². The van der Waals surface area contributed by atoms with Crippen molar-refractivity contribution in [1.82, 2.24) is 24.6 Å². The summed E-state index contributed by atoms with van der Waals surface area (Å²) in [6, 6.07) is 0.296. The van der Waals surface area contributed by atoms with E-state index >= 15 is 0 Å². The molecule has 3 rings (SSSR count). The lowest BCUT2D eigenvalue weighted by molar-refractivity contribution is 0.363. The molecule has 1 atom stereocenters. The Bertz CT molecular complexity index is 797. The van der Waals surface area contributed by atoms with Crippen LogP contribution in [0.1, 0.15) is 24.1 Å². The second-order valence-corrected chi connectivity index (χ2v) is 6.53. The molecule has 0 bridgehead atoms. The first-order chi connectivity index (χ1) is 12.0. The Morgan fingerprint density at radius 2 is 2.20 bits per heavy atom. The van der Waals surface area contributed by atoms with E-state index in [1.165, 1.54) is 0 Å². The quantitative estimate of drug-likeness (QED) is 0.854. The molecule has 8 nitrogen and oxygen atoms in total. The van der Waals surface area contributed by atoms with Crippen LogP contribution >= 0.6 is 0 Å². The Morgan fingerprint density at radius 1 is 1.40 bits per heavy atom. The van der Waals surface area contributed by atoms with Crippen molar-refractivity contribution in [1.29, 1.82) is 0 Å². The monoisotopic (exact) mass is 346 g/mol. The zero-order valence-electron chi connectivity index (χ0n) is 15.3. The van der Waals surface area contributed by atoms with Crippen LogP contribution in [-0.2, 0) is 20.6 Å². The maximum atomic E-state index is 12.3. The number of methoxy groups -OCH3 is 1. The van der Waals surface area contributed by atoms with Crippen LogP contribution in [0, 0.1) is 6.92 Å². The largest absolute Gasteiger partial charge is 0.481 e. The Labute approximate surface area is 147 Å². The van der Waals surface area contributed by atoms with Crippen LogP contribution < -0.4 is 20.5 Å². The van der Waals surface area contributed by atoms with Crippen LogP contribution in [0.3, 0.4) is 0 Å². The van der Waals surface area contributed by atoms with Gasteiger partial charge in [-0.2, -0.15) is 5.10 Å². The van der Waals surface area contributed by atoms with Crippen LogP contribution in [0.4, 0.5) is 5.82 Å². The summed E-state index contributed by atoms with van der Waals surface area (Å²) in [5.41, 5.74) is 2.00. The number of hydrogen-bond donors (Lipinski definition) is 1. The maximum Gasteiger partial charge on any atom is 0.293 e. The highest BCUT2D eigenvalue weighted by Crippen LogP contribution is 2.21. The zero-order chi connectivity index (χ0) is 18.0. The minimum atomic E-state index is -0.0482. The van der Waals surface area contributed by atoms with Crippen molar-refractivity contribution in [2.24, 2.45) is 14.1 Å². The summed E-state index contributed by atoms with van der Waals surface area (Å²) in [5, 5.41) is 8.01.